The number of nitrogens with zero attached hydrogens (tertiary/aromatic N) is 6. The molecule has 10 heteroatoms. The first-order valence-electron chi connectivity index (χ1n) is 7.70. The van der Waals surface area contributed by atoms with Crippen molar-refractivity contribution in [2.24, 2.45) is 0 Å². The van der Waals surface area contributed by atoms with E-state index in [-0.39, 0.29) is 17.0 Å². The van der Waals surface area contributed by atoms with Crippen molar-refractivity contribution in [3.63, 3.8) is 0 Å². The van der Waals surface area contributed by atoms with Crippen molar-refractivity contribution in [2.45, 2.75) is 19.5 Å². The lowest BCUT2D eigenvalue weighted by atomic mass is 10.2. The molecule has 0 aliphatic rings. The van der Waals surface area contributed by atoms with Crippen molar-refractivity contribution in [3.8, 4) is 5.69 Å². The molecule has 0 bridgehead atoms. The van der Waals surface area contributed by atoms with Gasteiger partial charge in [0.1, 0.15) is 5.52 Å². The van der Waals surface area contributed by atoms with Crippen LogP contribution < -0.4 is 5.56 Å². The summed E-state index contributed by atoms with van der Waals surface area (Å²) < 4.78 is 41.3. The molecule has 0 fully saturated rings. The summed E-state index contributed by atoms with van der Waals surface area (Å²) in [5.74, 6) is 0.805. The standard InChI is InChI=1S/C16H11F3N6O/c1-2-12-20-15-22-21-13-11(25(15)23-12)6-7-24(14(13)26)10-5-3-4-9(8-10)16(17,18)19/h3-8H,2H2,1H3. The highest BCUT2D eigenvalue weighted by atomic mass is 19.4. The predicted molar refractivity (Wildman–Crippen MR) is 86.1 cm³/mol. The minimum atomic E-state index is -4.50. The molecule has 1 aromatic carbocycles. The molecule has 132 valence electrons. The molecule has 0 radical (unpaired) electrons. The van der Waals surface area contributed by atoms with Crippen LogP contribution in [-0.2, 0) is 12.6 Å². The minimum Gasteiger partial charge on any atom is -0.282 e. The van der Waals surface area contributed by atoms with Gasteiger partial charge in [-0.3, -0.25) is 9.36 Å². The van der Waals surface area contributed by atoms with Crippen molar-refractivity contribution in [1.29, 1.82) is 0 Å². The Morgan fingerprint density at radius 3 is 2.69 bits per heavy atom. The number of halogens is 3. The molecule has 0 saturated carbocycles. The second-order valence-corrected chi connectivity index (χ2v) is 5.57. The average Bonchev–Trinajstić information content (AvgIpc) is 3.05. The van der Waals surface area contributed by atoms with E-state index in [2.05, 4.69) is 20.3 Å². The van der Waals surface area contributed by atoms with Crippen LogP contribution in [0.2, 0.25) is 0 Å². The number of pyridine rings is 1. The van der Waals surface area contributed by atoms with Crippen LogP contribution in [0.3, 0.4) is 0 Å². The third-order valence-electron chi connectivity index (χ3n) is 3.91. The quantitative estimate of drug-likeness (QED) is 0.549. The summed E-state index contributed by atoms with van der Waals surface area (Å²) in [5, 5.41) is 12.0. The molecule has 0 aliphatic heterocycles. The number of alkyl halides is 3. The van der Waals surface area contributed by atoms with Gasteiger partial charge in [0.2, 0.25) is 0 Å². The fourth-order valence-corrected chi connectivity index (χ4v) is 2.63. The van der Waals surface area contributed by atoms with Crippen LogP contribution in [0.25, 0.3) is 22.5 Å². The van der Waals surface area contributed by atoms with Crippen LogP contribution in [0, 0.1) is 0 Å². The smallest absolute Gasteiger partial charge is 0.282 e. The lowest BCUT2D eigenvalue weighted by molar-refractivity contribution is -0.137. The lowest BCUT2D eigenvalue weighted by Crippen LogP contribution is -2.20. The molecule has 7 nitrogen and oxygen atoms in total. The van der Waals surface area contributed by atoms with Crippen LogP contribution in [0.15, 0.2) is 41.3 Å². The zero-order valence-corrected chi connectivity index (χ0v) is 13.4. The van der Waals surface area contributed by atoms with Crippen LogP contribution in [-0.4, -0.2) is 29.4 Å². The highest BCUT2D eigenvalue weighted by Gasteiger charge is 2.30. The molecule has 4 aromatic rings. The van der Waals surface area contributed by atoms with Gasteiger partial charge in [-0.1, -0.05) is 13.0 Å². The predicted octanol–water partition coefficient (Wildman–Crippen LogP) is 2.40. The van der Waals surface area contributed by atoms with Crippen LogP contribution in [0.5, 0.6) is 0 Å². The van der Waals surface area contributed by atoms with Crippen LogP contribution >= 0.6 is 0 Å². The third-order valence-corrected chi connectivity index (χ3v) is 3.91. The van der Waals surface area contributed by atoms with Gasteiger partial charge in [0, 0.05) is 18.3 Å². The normalized spacial score (nSPS) is 12.2. The van der Waals surface area contributed by atoms with Crippen molar-refractivity contribution < 1.29 is 13.2 Å². The fourth-order valence-electron chi connectivity index (χ4n) is 2.63. The molecule has 0 unspecified atom stereocenters. The summed E-state index contributed by atoms with van der Waals surface area (Å²) in [7, 11) is 0. The second-order valence-electron chi connectivity index (χ2n) is 5.57. The Balaban J connectivity index is 1.94. The van der Waals surface area contributed by atoms with Gasteiger partial charge in [0.25, 0.3) is 11.3 Å². The summed E-state index contributed by atoms with van der Waals surface area (Å²) in [6.07, 6.45) is -2.53. The molecule has 3 heterocycles. The van der Waals surface area contributed by atoms with E-state index in [9.17, 15) is 18.0 Å². The first kappa shape index (κ1) is 16.2. The Labute approximate surface area is 143 Å². The molecule has 0 atom stereocenters. The SMILES string of the molecule is CCc1nc2nnc3c(=O)n(-c4cccc(C(F)(F)F)c4)ccc3n2n1. The number of fused-ring (bicyclic) bond motifs is 3. The first-order valence-corrected chi connectivity index (χ1v) is 7.70. The van der Waals surface area contributed by atoms with E-state index in [4.69, 9.17) is 0 Å². The highest BCUT2D eigenvalue weighted by Crippen LogP contribution is 2.30. The van der Waals surface area contributed by atoms with E-state index in [0.717, 1.165) is 16.7 Å². The number of benzene rings is 1. The molecule has 0 spiro atoms. The van der Waals surface area contributed by atoms with Crippen molar-refractivity contribution >= 4 is 16.8 Å². The van der Waals surface area contributed by atoms with Gasteiger partial charge in [-0.05, 0) is 24.3 Å². The maximum absolute atomic E-state index is 12.9. The topological polar surface area (TPSA) is 78.0 Å². The van der Waals surface area contributed by atoms with Crippen molar-refractivity contribution in [3.05, 3.63) is 58.3 Å². The largest absolute Gasteiger partial charge is 0.416 e. The maximum Gasteiger partial charge on any atom is 0.416 e. The maximum atomic E-state index is 12.9. The third kappa shape index (κ3) is 2.50. The summed E-state index contributed by atoms with van der Waals surface area (Å²) in [5.41, 5.74) is -0.973. The van der Waals surface area contributed by atoms with E-state index in [1.54, 1.807) is 6.07 Å². The van der Waals surface area contributed by atoms with Gasteiger partial charge in [0.05, 0.1) is 5.56 Å². The van der Waals surface area contributed by atoms with Gasteiger partial charge < -0.3 is 0 Å². The molecule has 3 aromatic heterocycles. The molecule has 0 aliphatic carbocycles. The van der Waals surface area contributed by atoms with Crippen LogP contribution in [0.1, 0.15) is 18.3 Å². The number of aryl methyl sites for hydroxylation is 1. The lowest BCUT2D eigenvalue weighted by Gasteiger charge is -2.11. The zero-order chi connectivity index (χ0) is 18.5. The Kier molecular flexibility index (Phi) is 3.49. The van der Waals surface area contributed by atoms with Gasteiger partial charge in [-0.25, -0.2) is 0 Å². The van der Waals surface area contributed by atoms with E-state index >= 15 is 0 Å². The van der Waals surface area contributed by atoms with Crippen LogP contribution in [0.4, 0.5) is 13.2 Å². The minimum absolute atomic E-state index is 0.00929. The average molecular weight is 360 g/mol. The number of hydrogen-bond donors (Lipinski definition) is 0. The highest BCUT2D eigenvalue weighted by molar-refractivity contribution is 5.74. The molecule has 0 amide bonds. The number of hydrogen-bond acceptors (Lipinski definition) is 5. The van der Waals surface area contributed by atoms with E-state index < -0.39 is 17.3 Å². The molecule has 0 N–H and O–H groups in total. The second kappa shape index (κ2) is 5.61. The van der Waals surface area contributed by atoms with Gasteiger partial charge >= 0.3 is 6.18 Å². The Morgan fingerprint density at radius 1 is 1.15 bits per heavy atom. The van der Waals surface area contributed by atoms with E-state index in [1.807, 2.05) is 6.92 Å². The molecular formula is C16H11F3N6O. The van der Waals surface area contributed by atoms with Crippen molar-refractivity contribution in [1.82, 2.24) is 29.4 Å². The summed E-state index contributed by atoms with van der Waals surface area (Å²) in [6, 6.07) is 6.06. The molecule has 0 saturated heterocycles. The zero-order valence-electron chi connectivity index (χ0n) is 13.4. The number of rotatable bonds is 2. The Bertz CT molecular complexity index is 1190. The molecular weight excluding hydrogens is 349 g/mol. The van der Waals surface area contributed by atoms with Gasteiger partial charge in [0.15, 0.2) is 11.3 Å². The Hall–Kier alpha value is -3.30. The summed E-state index contributed by atoms with van der Waals surface area (Å²) in [4.78, 5) is 16.9. The van der Waals surface area contributed by atoms with Gasteiger partial charge in [-0.2, -0.15) is 22.7 Å². The number of aromatic nitrogens is 6. The monoisotopic (exact) mass is 360 g/mol. The Morgan fingerprint density at radius 2 is 1.96 bits per heavy atom. The summed E-state index contributed by atoms with van der Waals surface area (Å²) >= 11 is 0. The van der Waals surface area contributed by atoms with E-state index in [1.165, 1.54) is 22.8 Å². The molecule has 26 heavy (non-hydrogen) atoms. The first-order chi connectivity index (χ1) is 12.4. The fraction of sp³-hybridized carbons (Fsp3) is 0.188. The van der Waals surface area contributed by atoms with Crippen molar-refractivity contribution in [2.75, 3.05) is 0 Å². The summed E-state index contributed by atoms with van der Waals surface area (Å²) in [6.45, 7) is 1.88. The molecule has 4 rings (SSSR count). The van der Waals surface area contributed by atoms with E-state index in [0.29, 0.717) is 17.8 Å². The van der Waals surface area contributed by atoms with Gasteiger partial charge in [-0.15, -0.1) is 15.3 Å².